The minimum atomic E-state index is -1.32. The van der Waals surface area contributed by atoms with Crippen LogP contribution in [0, 0.1) is 0 Å². The molecule has 1 aromatic carbocycles. The van der Waals surface area contributed by atoms with Gasteiger partial charge in [0, 0.05) is 0 Å². The first-order chi connectivity index (χ1) is 6.56. The Balaban J connectivity index is 3.12. The van der Waals surface area contributed by atoms with E-state index in [0.29, 0.717) is 5.02 Å². The van der Waals surface area contributed by atoms with E-state index >= 15 is 0 Å². The molecule has 0 saturated carbocycles. The van der Waals surface area contributed by atoms with Crippen LogP contribution >= 0.6 is 23.2 Å². The highest BCUT2D eigenvalue weighted by molar-refractivity contribution is 6.42. The number of rotatable bonds is 3. The van der Waals surface area contributed by atoms with E-state index in [1.807, 2.05) is 0 Å². The molecule has 0 aliphatic rings. The molecule has 0 fully saturated rings. The molecule has 1 radical (unpaired) electrons. The summed E-state index contributed by atoms with van der Waals surface area (Å²) >= 11 is 11.3. The molecule has 0 aromatic heterocycles. The SMILES string of the molecule is O=[C]C(C(=O)O)c1ccc(Cl)c(Cl)c1. The second kappa shape index (κ2) is 4.44. The molecule has 0 heterocycles. The van der Waals surface area contributed by atoms with Crippen LogP contribution in [0.5, 0.6) is 0 Å². The van der Waals surface area contributed by atoms with Gasteiger partial charge >= 0.3 is 5.97 Å². The maximum absolute atomic E-state index is 10.6. The number of carbonyl (C=O) groups is 1. The molecule has 0 aliphatic carbocycles. The molecule has 0 aliphatic heterocycles. The van der Waals surface area contributed by atoms with Gasteiger partial charge in [-0.3, -0.25) is 9.59 Å². The molecular weight excluding hydrogens is 227 g/mol. The molecule has 5 heteroatoms. The maximum Gasteiger partial charge on any atom is 0.319 e. The Morgan fingerprint density at radius 2 is 2.00 bits per heavy atom. The maximum atomic E-state index is 10.6. The summed E-state index contributed by atoms with van der Waals surface area (Å²) in [5, 5.41) is 9.17. The Hall–Kier alpha value is -1.06. The Morgan fingerprint density at radius 1 is 1.36 bits per heavy atom. The summed E-state index contributed by atoms with van der Waals surface area (Å²) in [5.74, 6) is -2.58. The van der Waals surface area contributed by atoms with Crippen molar-refractivity contribution in [2.24, 2.45) is 0 Å². The normalized spacial score (nSPS) is 12.1. The highest BCUT2D eigenvalue weighted by Gasteiger charge is 2.20. The van der Waals surface area contributed by atoms with Crippen molar-refractivity contribution in [2.75, 3.05) is 0 Å². The molecule has 1 rings (SSSR count). The molecule has 3 nitrogen and oxygen atoms in total. The van der Waals surface area contributed by atoms with Crippen LogP contribution in [-0.4, -0.2) is 17.4 Å². The first-order valence-electron chi connectivity index (χ1n) is 3.61. The molecule has 1 unspecified atom stereocenters. The van der Waals surface area contributed by atoms with Gasteiger partial charge in [-0.05, 0) is 17.7 Å². The fourth-order valence-corrected chi connectivity index (χ4v) is 1.26. The highest BCUT2D eigenvalue weighted by atomic mass is 35.5. The van der Waals surface area contributed by atoms with Crippen molar-refractivity contribution < 1.29 is 14.7 Å². The number of carboxylic acids is 1. The number of hydrogen-bond acceptors (Lipinski definition) is 2. The van der Waals surface area contributed by atoms with Gasteiger partial charge in [0.15, 0.2) is 0 Å². The van der Waals surface area contributed by atoms with Gasteiger partial charge in [0.2, 0.25) is 6.29 Å². The number of benzene rings is 1. The second-order valence-electron chi connectivity index (χ2n) is 2.56. The fourth-order valence-electron chi connectivity index (χ4n) is 0.953. The van der Waals surface area contributed by atoms with Crippen LogP contribution in [0.4, 0.5) is 0 Å². The van der Waals surface area contributed by atoms with Crippen molar-refractivity contribution in [1.82, 2.24) is 0 Å². The van der Waals surface area contributed by atoms with Gasteiger partial charge < -0.3 is 5.11 Å². The molecule has 14 heavy (non-hydrogen) atoms. The monoisotopic (exact) mass is 231 g/mol. The van der Waals surface area contributed by atoms with E-state index in [4.69, 9.17) is 28.3 Å². The van der Waals surface area contributed by atoms with Crippen molar-refractivity contribution in [2.45, 2.75) is 5.92 Å². The van der Waals surface area contributed by atoms with Crippen LogP contribution in [-0.2, 0) is 9.59 Å². The van der Waals surface area contributed by atoms with E-state index in [2.05, 4.69) is 0 Å². The minimum absolute atomic E-state index is 0.214. The first kappa shape index (κ1) is 11.0. The van der Waals surface area contributed by atoms with E-state index in [1.54, 1.807) is 0 Å². The van der Waals surface area contributed by atoms with E-state index in [9.17, 15) is 9.59 Å². The molecular formula is C9H5Cl2O3. The van der Waals surface area contributed by atoms with Crippen LogP contribution in [0.1, 0.15) is 11.5 Å². The molecule has 1 atom stereocenters. The third kappa shape index (κ3) is 2.25. The Bertz CT molecular complexity index is 376. The van der Waals surface area contributed by atoms with Crippen molar-refractivity contribution in [1.29, 1.82) is 0 Å². The van der Waals surface area contributed by atoms with Crippen LogP contribution in [0.15, 0.2) is 18.2 Å². The van der Waals surface area contributed by atoms with E-state index in [1.165, 1.54) is 24.5 Å². The predicted molar refractivity (Wildman–Crippen MR) is 52.5 cm³/mol. The zero-order valence-corrected chi connectivity index (χ0v) is 8.34. The summed E-state index contributed by atoms with van der Waals surface area (Å²) in [6.07, 6.45) is 1.41. The lowest BCUT2D eigenvalue weighted by Gasteiger charge is -2.05. The smallest absolute Gasteiger partial charge is 0.319 e. The van der Waals surface area contributed by atoms with Gasteiger partial charge in [-0.1, -0.05) is 29.3 Å². The summed E-state index contributed by atoms with van der Waals surface area (Å²) in [7, 11) is 0. The third-order valence-electron chi connectivity index (χ3n) is 1.64. The van der Waals surface area contributed by atoms with Gasteiger partial charge in [0.1, 0.15) is 5.92 Å². The zero-order valence-electron chi connectivity index (χ0n) is 6.83. The predicted octanol–water partition coefficient (Wildman–Crippen LogP) is 2.27. The van der Waals surface area contributed by atoms with Crippen LogP contribution in [0.3, 0.4) is 0 Å². The quantitative estimate of drug-likeness (QED) is 0.813. The largest absolute Gasteiger partial charge is 0.480 e. The third-order valence-corrected chi connectivity index (χ3v) is 2.38. The molecule has 0 bridgehead atoms. The molecule has 1 N–H and O–H groups in total. The summed E-state index contributed by atoms with van der Waals surface area (Å²) in [5.41, 5.74) is 0.266. The Kier molecular flexibility index (Phi) is 3.49. The average molecular weight is 232 g/mol. The summed E-state index contributed by atoms with van der Waals surface area (Å²) in [6, 6.07) is 4.21. The summed E-state index contributed by atoms with van der Waals surface area (Å²) in [6.45, 7) is 0. The standard InChI is InChI=1S/C9H5Cl2O3/c10-7-2-1-5(3-8(7)11)6(4-12)9(13)14/h1-3,6H,(H,13,14). The lowest BCUT2D eigenvalue weighted by molar-refractivity contribution is -0.137. The van der Waals surface area contributed by atoms with Gasteiger partial charge in [0.05, 0.1) is 10.0 Å². The van der Waals surface area contributed by atoms with Crippen LogP contribution in [0.25, 0.3) is 0 Å². The van der Waals surface area contributed by atoms with Crippen LogP contribution in [0.2, 0.25) is 10.0 Å². The van der Waals surface area contributed by atoms with E-state index in [0.717, 1.165) is 0 Å². The number of hydrogen-bond donors (Lipinski definition) is 1. The molecule has 0 saturated heterocycles. The topological polar surface area (TPSA) is 54.4 Å². The van der Waals surface area contributed by atoms with Gasteiger partial charge in [0.25, 0.3) is 0 Å². The molecule has 1 aromatic rings. The minimum Gasteiger partial charge on any atom is -0.480 e. The van der Waals surface area contributed by atoms with Crippen LogP contribution < -0.4 is 0 Å². The van der Waals surface area contributed by atoms with Crippen molar-refractivity contribution in [3.63, 3.8) is 0 Å². The highest BCUT2D eigenvalue weighted by Crippen LogP contribution is 2.25. The Labute approximate surface area is 90.3 Å². The fraction of sp³-hybridized carbons (Fsp3) is 0.111. The van der Waals surface area contributed by atoms with Crippen molar-refractivity contribution in [3.8, 4) is 0 Å². The second-order valence-corrected chi connectivity index (χ2v) is 3.38. The average Bonchev–Trinajstić information content (AvgIpc) is 2.11. The number of aliphatic carboxylic acids is 1. The van der Waals surface area contributed by atoms with Crippen molar-refractivity contribution in [3.05, 3.63) is 33.8 Å². The zero-order chi connectivity index (χ0) is 10.7. The number of halogens is 2. The van der Waals surface area contributed by atoms with E-state index in [-0.39, 0.29) is 10.6 Å². The Morgan fingerprint density at radius 3 is 2.43 bits per heavy atom. The molecule has 73 valence electrons. The summed E-state index contributed by atoms with van der Waals surface area (Å²) < 4.78 is 0. The number of carbonyl (C=O) groups excluding carboxylic acids is 1. The molecule has 0 amide bonds. The van der Waals surface area contributed by atoms with Crippen molar-refractivity contribution >= 4 is 35.5 Å². The molecule has 0 spiro atoms. The lowest BCUT2D eigenvalue weighted by Crippen LogP contribution is -2.12. The number of carboxylic acid groups (broad SMARTS) is 1. The van der Waals surface area contributed by atoms with Gasteiger partial charge in [-0.15, -0.1) is 0 Å². The summed E-state index contributed by atoms with van der Waals surface area (Å²) in [4.78, 5) is 20.9. The van der Waals surface area contributed by atoms with Gasteiger partial charge in [-0.25, -0.2) is 0 Å². The van der Waals surface area contributed by atoms with E-state index < -0.39 is 11.9 Å². The first-order valence-corrected chi connectivity index (χ1v) is 4.37. The van der Waals surface area contributed by atoms with Gasteiger partial charge in [-0.2, -0.15) is 0 Å². The lowest BCUT2D eigenvalue weighted by atomic mass is 10.0.